The number of carbonyl (C=O) groups excluding carboxylic acids is 1. The second-order valence-electron chi connectivity index (χ2n) is 4.71. The number of aliphatic carboxylic acids is 1. The zero-order chi connectivity index (χ0) is 14.5. The van der Waals surface area contributed by atoms with Crippen LogP contribution in [-0.4, -0.2) is 36.7 Å². The SMILES string of the molecule is O=C(O)COCCNC(=O)C1CC1c1ccccc1Cl. The number of hydrogen-bond acceptors (Lipinski definition) is 3. The van der Waals surface area contributed by atoms with Crippen LogP contribution in [0.2, 0.25) is 5.02 Å². The van der Waals surface area contributed by atoms with Crippen LogP contribution >= 0.6 is 11.6 Å². The first-order valence-electron chi connectivity index (χ1n) is 6.41. The van der Waals surface area contributed by atoms with Crippen LogP contribution in [0.15, 0.2) is 24.3 Å². The number of hydrogen-bond donors (Lipinski definition) is 2. The molecule has 0 heterocycles. The summed E-state index contributed by atoms with van der Waals surface area (Å²) in [5.74, 6) is -0.913. The van der Waals surface area contributed by atoms with Crippen LogP contribution in [0, 0.1) is 5.92 Å². The lowest BCUT2D eigenvalue weighted by atomic mass is 10.1. The maximum atomic E-state index is 11.9. The van der Waals surface area contributed by atoms with E-state index in [-0.39, 0.29) is 31.0 Å². The first-order valence-corrected chi connectivity index (χ1v) is 6.79. The monoisotopic (exact) mass is 297 g/mol. The Balaban J connectivity index is 1.71. The number of halogens is 1. The van der Waals surface area contributed by atoms with E-state index in [4.69, 9.17) is 21.4 Å². The van der Waals surface area contributed by atoms with Crippen molar-refractivity contribution in [3.8, 4) is 0 Å². The van der Waals surface area contributed by atoms with Gasteiger partial charge >= 0.3 is 5.97 Å². The van der Waals surface area contributed by atoms with Crippen molar-refractivity contribution in [2.45, 2.75) is 12.3 Å². The number of carboxylic acids is 1. The van der Waals surface area contributed by atoms with E-state index in [1.54, 1.807) is 0 Å². The highest BCUT2D eigenvalue weighted by Crippen LogP contribution is 2.49. The second kappa shape index (κ2) is 6.72. The van der Waals surface area contributed by atoms with Gasteiger partial charge in [-0.1, -0.05) is 29.8 Å². The molecule has 1 saturated carbocycles. The molecule has 1 aliphatic carbocycles. The normalized spacial score (nSPS) is 20.4. The number of rotatable bonds is 7. The quantitative estimate of drug-likeness (QED) is 0.751. The fourth-order valence-corrected chi connectivity index (χ4v) is 2.42. The molecular formula is C14H16ClNO4. The Morgan fingerprint density at radius 2 is 2.15 bits per heavy atom. The average Bonchev–Trinajstić information content (AvgIpc) is 3.18. The minimum Gasteiger partial charge on any atom is -0.480 e. The number of nitrogens with one attached hydrogen (secondary N) is 1. The molecular weight excluding hydrogens is 282 g/mol. The summed E-state index contributed by atoms with van der Waals surface area (Å²) in [4.78, 5) is 22.1. The molecule has 0 aliphatic heterocycles. The van der Waals surface area contributed by atoms with Crippen molar-refractivity contribution in [3.05, 3.63) is 34.9 Å². The van der Waals surface area contributed by atoms with Crippen molar-refractivity contribution < 1.29 is 19.4 Å². The van der Waals surface area contributed by atoms with Crippen LogP contribution in [0.25, 0.3) is 0 Å². The van der Waals surface area contributed by atoms with Gasteiger partial charge in [0.15, 0.2) is 0 Å². The summed E-state index contributed by atoms with van der Waals surface area (Å²) >= 11 is 6.10. The van der Waals surface area contributed by atoms with Crippen molar-refractivity contribution in [1.82, 2.24) is 5.32 Å². The summed E-state index contributed by atoms with van der Waals surface area (Å²) < 4.78 is 4.84. The van der Waals surface area contributed by atoms with Crippen LogP contribution in [0.3, 0.4) is 0 Å². The van der Waals surface area contributed by atoms with Gasteiger partial charge in [-0.2, -0.15) is 0 Å². The molecule has 108 valence electrons. The van der Waals surface area contributed by atoms with Crippen LogP contribution in [0.4, 0.5) is 0 Å². The molecule has 1 fully saturated rings. The van der Waals surface area contributed by atoms with Gasteiger partial charge in [-0.15, -0.1) is 0 Å². The summed E-state index contributed by atoms with van der Waals surface area (Å²) in [5.41, 5.74) is 1.01. The molecule has 0 bridgehead atoms. The number of carbonyl (C=O) groups is 2. The van der Waals surface area contributed by atoms with Gasteiger partial charge in [0.05, 0.1) is 6.61 Å². The van der Waals surface area contributed by atoms with E-state index < -0.39 is 5.97 Å². The summed E-state index contributed by atoms with van der Waals surface area (Å²) in [6.07, 6.45) is 0.797. The van der Waals surface area contributed by atoms with E-state index >= 15 is 0 Å². The molecule has 1 aliphatic rings. The Hall–Kier alpha value is -1.59. The van der Waals surface area contributed by atoms with Gasteiger partial charge in [0.2, 0.25) is 5.91 Å². The molecule has 2 N–H and O–H groups in total. The molecule has 6 heteroatoms. The predicted molar refractivity (Wildman–Crippen MR) is 73.8 cm³/mol. The molecule has 2 unspecified atom stereocenters. The summed E-state index contributed by atoms with van der Waals surface area (Å²) in [7, 11) is 0. The van der Waals surface area contributed by atoms with Gasteiger partial charge in [0.1, 0.15) is 6.61 Å². The molecule has 2 rings (SSSR count). The first-order chi connectivity index (χ1) is 9.59. The van der Waals surface area contributed by atoms with Gasteiger partial charge in [-0.3, -0.25) is 4.79 Å². The Morgan fingerprint density at radius 1 is 1.40 bits per heavy atom. The van der Waals surface area contributed by atoms with E-state index in [9.17, 15) is 9.59 Å². The topological polar surface area (TPSA) is 75.6 Å². The van der Waals surface area contributed by atoms with Crippen molar-refractivity contribution in [2.24, 2.45) is 5.92 Å². The predicted octanol–water partition coefficient (Wildman–Crippen LogP) is 1.66. The van der Waals surface area contributed by atoms with Crippen LogP contribution < -0.4 is 5.32 Å². The molecule has 0 saturated heterocycles. The minimum absolute atomic E-state index is 0.0335. The van der Waals surface area contributed by atoms with Gasteiger partial charge in [-0.25, -0.2) is 4.79 Å². The summed E-state index contributed by atoms with van der Waals surface area (Å²) in [6, 6.07) is 7.54. The zero-order valence-electron chi connectivity index (χ0n) is 10.8. The van der Waals surface area contributed by atoms with Crippen molar-refractivity contribution in [3.63, 3.8) is 0 Å². The molecule has 0 aromatic heterocycles. The molecule has 1 aromatic rings. The number of benzene rings is 1. The fourth-order valence-electron chi connectivity index (χ4n) is 2.14. The Bertz CT molecular complexity index is 506. The van der Waals surface area contributed by atoms with Crippen LogP contribution in [0.5, 0.6) is 0 Å². The molecule has 0 radical (unpaired) electrons. The van der Waals surface area contributed by atoms with E-state index in [2.05, 4.69) is 5.32 Å². The highest BCUT2D eigenvalue weighted by molar-refractivity contribution is 6.31. The number of ether oxygens (including phenoxy) is 1. The van der Waals surface area contributed by atoms with E-state index in [0.29, 0.717) is 11.6 Å². The number of carboxylic acid groups (broad SMARTS) is 1. The minimum atomic E-state index is -1.02. The lowest BCUT2D eigenvalue weighted by Gasteiger charge is -2.06. The summed E-state index contributed by atoms with van der Waals surface area (Å²) in [5, 5.41) is 11.8. The maximum Gasteiger partial charge on any atom is 0.329 e. The largest absolute Gasteiger partial charge is 0.480 e. The first kappa shape index (κ1) is 14.8. The lowest BCUT2D eigenvalue weighted by Crippen LogP contribution is -2.29. The Kier molecular flexibility index (Phi) is 4.98. The third kappa shape index (κ3) is 3.95. The van der Waals surface area contributed by atoms with E-state index in [1.807, 2.05) is 24.3 Å². The van der Waals surface area contributed by atoms with E-state index in [1.165, 1.54) is 0 Å². The molecule has 20 heavy (non-hydrogen) atoms. The van der Waals surface area contributed by atoms with Crippen molar-refractivity contribution in [2.75, 3.05) is 19.8 Å². The smallest absolute Gasteiger partial charge is 0.329 e. The van der Waals surface area contributed by atoms with Crippen molar-refractivity contribution >= 4 is 23.5 Å². The van der Waals surface area contributed by atoms with E-state index in [0.717, 1.165) is 12.0 Å². The number of amides is 1. The summed E-state index contributed by atoms with van der Waals surface area (Å²) in [6.45, 7) is 0.168. The third-order valence-electron chi connectivity index (χ3n) is 3.20. The molecule has 5 nitrogen and oxygen atoms in total. The van der Waals surface area contributed by atoms with Gasteiger partial charge in [0.25, 0.3) is 0 Å². The second-order valence-corrected chi connectivity index (χ2v) is 5.11. The third-order valence-corrected chi connectivity index (χ3v) is 3.55. The lowest BCUT2D eigenvalue weighted by molar-refractivity contribution is -0.142. The Labute approximate surface area is 121 Å². The molecule has 1 aromatic carbocycles. The van der Waals surface area contributed by atoms with Gasteiger partial charge in [0, 0.05) is 17.5 Å². The van der Waals surface area contributed by atoms with Crippen LogP contribution in [0.1, 0.15) is 17.9 Å². The average molecular weight is 298 g/mol. The molecule has 2 atom stereocenters. The van der Waals surface area contributed by atoms with Gasteiger partial charge < -0.3 is 15.2 Å². The van der Waals surface area contributed by atoms with Gasteiger partial charge in [-0.05, 0) is 24.0 Å². The molecule has 1 amide bonds. The maximum absolute atomic E-state index is 11.9. The van der Waals surface area contributed by atoms with Crippen LogP contribution in [-0.2, 0) is 14.3 Å². The highest BCUT2D eigenvalue weighted by Gasteiger charge is 2.44. The standard InChI is InChI=1S/C14H16ClNO4/c15-12-4-2-1-3-9(12)10-7-11(10)14(19)16-5-6-20-8-13(17)18/h1-4,10-11H,5-8H2,(H,16,19)(H,17,18). The fraction of sp³-hybridized carbons (Fsp3) is 0.429. The zero-order valence-corrected chi connectivity index (χ0v) is 11.6. The molecule has 0 spiro atoms. The highest BCUT2D eigenvalue weighted by atomic mass is 35.5. The van der Waals surface area contributed by atoms with Crippen molar-refractivity contribution in [1.29, 1.82) is 0 Å². The Morgan fingerprint density at radius 3 is 2.85 bits per heavy atom.